The average Bonchev–Trinajstić information content (AvgIpc) is 3.44. The van der Waals surface area contributed by atoms with Gasteiger partial charge >= 0.3 is 5.69 Å². The molecule has 3 aromatic heterocycles. The number of nitrogens with one attached hydrogen (secondary N) is 2. The van der Waals surface area contributed by atoms with E-state index in [0.29, 0.717) is 46.4 Å². The molecule has 0 spiro atoms. The molecule has 3 atom stereocenters. The third-order valence-corrected chi connectivity index (χ3v) is 9.23. The van der Waals surface area contributed by atoms with Gasteiger partial charge < -0.3 is 27.5 Å². The van der Waals surface area contributed by atoms with Crippen molar-refractivity contribution in [3.63, 3.8) is 0 Å². The minimum atomic E-state index is -0.523. The zero-order valence-electron chi connectivity index (χ0n) is 25.7. The summed E-state index contributed by atoms with van der Waals surface area (Å²) in [6.07, 6.45) is 11.9. The van der Waals surface area contributed by atoms with Crippen LogP contribution in [0.5, 0.6) is 0 Å². The summed E-state index contributed by atoms with van der Waals surface area (Å²) < 4.78 is 16.7. The Bertz CT molecular complexity index is 1740. The van der Waals surface area contributed by atoms with Gasteiger partial charge in [0.15, 0.2) is 5.82 Å². The Morgan fingerprint density at radius 2 is 2.11 bits per heavy atom. The Kier molecular flexibility index (Phi) is 10.9. The number of piperidine rings is 1. The molecule has 1 aromatic carbocycles. The van der Waals surface area contributed by atoms with Crippen molar-refractivity contribution in [2.75, 3.05) is 19.3 Å². The monoisotopic (exact) mass is 653 g/mol. The van der Waals surface area contributed by atoms with Crippen molar-refractivity contribution in [1.29, 1.82) is 0 Å². The molecule has 5 rings (SSSR count). The number of rotatable bonds is 12. The molecule has 0 saturated carbocycles. The number of fused-ring (bicyclic) bond motifs is 1. The third kappa shape index (κ3) is 7.93. The van der Waals surface area contributed by atoms with E-state index in [1.54, 1.807) is 42.4 Å². The third-order valence-electron chi connectivity index (χ3n) is 8.19. The van der Waals surface area contributed by atoms with Crippen molar-refractivity contribution in [2.45, 2.75) is 74.9 Å². The summed E-state index contributed by atoms with van der Waals surface area (Å²) in [4.78, 5) is 30.7. The number of nitrogens with two attached hydrogens (primary N) is 3. The van der Waals surface area contributed by atoms with E-state index in [0.717, 1.165) is 61.1 Å². The van der Waals surface area contributed by atoms with E-state index in [-0.39, 0.29) is 23.7 Å². The Labute approximate surface area is 271 Å². The van der Waals surface area contributed by atoms with Gasteiger partial charge in [0.1, 0.15) is 11.5 Å². The molecule has 1 fully saturated rings. The molecule has 240 valence electrons. The number of aromatic amines is 1. The summed E-state index contributed by atoms with van der Waals surface area (Å²) in [6, 6.07) is 7.70. The van der Waals surface area contributed by atoms with E-state index in [9.17, 15) is 4.79 Å². The number of hydrogen-bond donors (Lipinski definition) is 5. The highest BCUT2D eigenvalue weighted by Gasteiger charge is 2.25. The van der Waals surface area contributed by atoms with Crippen LogP contribution < -0.4 is 28.2 Å². The highest BCUT2D eigenvalue weighted by Crippen LogP contribution is 2.34. The molecule has 10 nitrogen and oxygen atoms in total. The van der Waals surface area contributed by atoms with Gasteiger partial charge in [-0.3, -0.25) is 14.5 Å². The van der Waals surface area contributed by atoms with Crippen LogP contribution in [0.4, 0.5) is 4.39 Å². The summed E-state index contributed by atoms with van der Waals surface area (Å²) in [5.74, 6) is -0.0534. The summed E-state index contributed by atoms with van der Waals surface area (Å²) >= 11 is 7.86. The summed E-state index contributed by atoms with van der Waals surface area (Å²) in [5.41, 5.74) is 20.4. The molecule has 8 N–H and O–H groups in total. The SMILES string of the molecule is CSc1cc(-n2cc3cc(-c4cc(CCC[C@H](C)N)cc(Cl)c4F)[nH]c3nc2=O)cnc1[C@@H]1CCC[C@@H](CCN=C(N)CN)N1. The standard InChI is InChI=1S/C32H41ClFN9OS/c1-18(36)5-3-6-19-11-23(29(34)24(33)12-19)26-13-20-17-43(32(44)42-31(20)41-26)22-14-27(45-2)30(39-16-22)25-8-4-7-21(40-25)9-10-38-28(37)15-35/h11-14,16-18,21,25,40H,3-10,15,35-36H2,1-2H3,(H2,37,38)(H,41,42,44)/t18-,21-,25-/m0/s1. The molecule has 13 heteroatoms. The van der Waals surface area contributed by atoms with Crippen LogP contribution in [0.15, 0.2) is 51.3 Å². The van der Waals surface area contributed by atoms with Gasteiger partial charge in [0.25, 0.3) is 0 Å². The molecule has 0 amide bonds. The second-order valence-corrected chi connectivity index (χ2v) is 12.9. The van der Waals surface area contributed by atoms with Crippen molar-refractivity contribution in [2.24, 2.45) is 22.2 Å². The second-order valence-electron chi connectivity index (χ2n) is 11.7. The normalized spacial score (nSPS) is 18.0. The fraction of sp³-hybridized carbons (Fsp3) is 0.438. The number of thioether (sulfide) groups is 1. The van der Waals surface area contributed by atoms with E-state index >= 15 is 4.39 Å². The molecule has 4 aromatic rings. The molecular weight excluding hydrogens is 613 g/mol. The molecule has 1 aliphatic heterocycles. The number of halogens is 2. The number of aromatic nitrogens is 4. The fourth-order valence-corrected chi connectivity index (χ4v) is 6.72. The van der Waals surface area contributed by atoms with Gasteiger partial charge in [0.05, 0.1) is 40.9 Å². The number of amidine groups is 1. The van der Waals surface area contributed by atoms with Crippen LogP contribution in [0.3, 0.4) is 0 Å². The minimum absolute atomic E-state index is 0.0498. The van der Waals surface area contributed by atoms with Crippen LogP contribution >= 0.6 is 23.4 Å². The molecule has 0 aliphatic carbocycles. The first kappa shape index (κ1) is 33.1. The number of aryl methyl sites for hydroxylation is 1. The highest BCUT2D eigenvalue weighted by atomic mass is 35.5. The van der Waals surface area contributed by atoms with Gasteiger partial charge in [0.2, 0.25) is 0 Å². The van der Waals surface area contributed by atoms with Gasteiger partial charge in [-0.2, -0.15) is 4.98 Å². The second kappa shape index (κ2) is 14.9. The number of aliphatic imine (C=N–C) groups is 1. The lowest BCUT2D eigenvalue weighted by atomic mass is 9.94. The average molecular weight is 654 g/mol. The first-order valence-corrected chi connectivity index (χ1v) is 16.9. The topological polar surface area (TPSA) is 166 Å². The van der Waals surface area contributed by atoms with Gasteiger partial charge in [-0.25, -0.2) is 9.18 Å². The summed E-state index contributed by atoms with van der Waals surface area (Å²) in [7, 11) is 0. The lowest BCUT2D eigenvalue weighted by molar-refractivity contribution is 0.308. The van der Waals surface area contributed by atoms with Crippen LogP contribution in [0.2, 0.25) is 5.02 Å². The van der Waals surface area contributed by atoms with E-state index < -0.39 is 11.5 Å². The summed E-state index contributed by atoms with van der Waals surface area (Å²) in [5, 5.41) is 4.44. The predicted molar refractivity (Wildman–Crippen MR) is 182 cm³/mol. The highest BCUT2D eigenvalue weighted by molar-refractivity contribution is 7.98. The van der Waals surface area contributed by atoms with Gasteiger partial charge in [0, 0.05) is 40.7 Å². The fourth-order valence-electron chi connectivity index (χ4n) is 5.83. The molecular formula is C32H41ClFN9OS. The quantitative estimate of drug-likeness (QED) is 0.0822. The number of H-pyrrole nitrogens is 1. The maximum absolute atomic E-state index is 15.2. The van der Waals surface area contributed by atoms with E-state index in [1.165, 1.54) is 4.57 Å². The van der Waals surface area contributed by atoms with Gasteiger partial charge in [-0.05, 0) is 88.0 Å². The molecule has 45 heavy (non-hydrogen) atoms. The molecule has 0 radical (unpaired) electrons. The smallest absolute Gasteiger partial charge is 0.354 e. The van der Waals surface area contributed by atoms with E-state index in [4.69, 9.17) is 33.8 Å². The van der Waals surface area contributed by atoms with Crippen LogP contribution in [0.25, 0.3) is 28.0 Å². The van der Waals surface area contributed by atoms with Gasteiger partial charge in [-0.1, -0.05) is 11.6 Å². The first-order chi connectivity index (χ1) is 21.7. The van der Waals surface area contributed by atoms with Gasteiger partial charge in [-0.15, -0.1) is 11.8 Å². The zero-order chi connectivity index (χ0) is 32.1. The maximum atomic E-state index is 15.2. The summed E-state index contributed by atoms with van der Waals surface area (Å²) in [6.45, 7) is 2.86. The Balaban J connectivity index is 1.40. The Hall–Kier alpha value is -3.29. The zero-order valence-corrected chi connectivity index (χ0v) is 27.2. The van der Waals surface area contributed by atoms with Crippen molar-refractivity contribution >= 4 is 40.2 Å². The lowest BCUT2D eigenvalue weighted by Crippen LogP contribution is -2.38. The van der Waals surface area contributed by atoms with Crippen molar-refractivity contribution in [3.05, 3.63) is 69.2 Å². The molecule has 0 unspecified atom stereocenters. The van der Waals surface area contributed by atoms with Crippen LogP contribution in [0.1, 0.15) is 62.7 Å². The van der Waals surface area contributed by atoms with E-state index in [1.807, 2.05) is 19.2 Å². The number of benzene rings is 1. The van der Waals surface area contributed by atoms with Crippen LogP contribution in [0, 0.1) is 5.82 Å². The van der Waals surface area contributed by atoms with Crippen molar-refractivity contribution in [3.8, 4) is 16.9 Å². The maximum Gasteiger partial charge on any atom is 0.354 e. The minimum Gasteiger partial charge on any atom is -0.386 e. The Morgan fingerprint density at radius 3 is 2.87 bits per heavy atom. The Morgan fingerprint density at radius 1 is 1.29 bits per heavy atom. The molecule has 4 heterocycles. The molecule has 1 aliphatic rings. The predicted octanol–water partition coefficient (Wildman–Crippen LogP) is 4.85. The lowest BCUT2D eigenvalue weighted by Gasteiger charge is -2.31. The largest absolute Gasteiger partial charge is 0.386 e. The number of pyridine rings is 1. The van der Waals surface area contributed by atoms with Crippen LogP contribution in [-0.2, 0) is 6.42 Å². The first-order valence-electron chi connectivity index (χ1n) is 15.3. The molecule has 1 saturated heterocycles. The molecule has 0 bridgehead atoms. The van der Waals surface area contributed by atoms with Crippen molar-refractivity contribution in [1.82, 2.24) is 24.8 Å². The number of nitrogens with zero attached hydrogens (tertiary/aromatic N) is 4. The number of hydrogen-bond acceptors (Lipinski definition) is 8. The van der Waals surface area contributed by atoms with Crippen molar-refractivity contribution < 1.29 is 4.39 Å². The van der Waals surface area contributed by atoms with Crippen LogP contribution in [-0.4, -0.2) is 56.8 Å². The van der Waals surface area contributed by atoms with E-state index in [2.05, 4.69) is 20.3 Å².